The van der Waals surface area contributed by atoms with E-state index in [1.54, 1.807) is 48.5 Å². The van der Waals surface area contributed by atoms with E-state index in [9.17, 15) is 8.42 Å². The van der Waals surface area contributed by atoms with Crippen LogP contribution in [0.3, 0.4) is 0 Å². The van der Waals surface area contributed by atoms with Gasteiger partial charge in [-0.15, -0.1) is 0 Å². The van der Waals surface area contributed by atoms with E-state index in [-0.39, 0.29) is 11.6 Å². The van der Waals surface area contributed by atoms with Crippen molar-refractivity contribution in [2.45, 2.75) is 5.75 Å². The minimum atomic E-state index is -3.52. The molecule has 0 fully saturated rings. The van der Waals surface area contributed by atoms with Crippen LogP contribution in [0.5, 0.6) is 0 Å². The van der Waals surface area contributed by atoms with Gasteiger partial charge in [0.15, 0.2) is 11.4 Å². The Morgan fingerprint density at radius 2 is 1.70 bits per heavy atom. The van der Waals surface area contributed by atoms with Crippen LogP contribution in [-0.4, -0.2) is 13.6 Å². The lowest BCUT2D eigenvalue weighted by atomic mass is 10.2. The van der Waals surface area contributed by atoms with Crippen LogP contribution >= 0.6 is 0 Å². The van der Waals surface area contributed by atoms with Crippen molar-refractivity contribution in [2.75, 3.05) is 4.72 Å². The summed E-state index contributed by atoms with van der Waals surface area (Å²) in [6.45, 7) is 0. The molecule has 0 unspecified atom stereocenters. The highest BCUT2D eigenvalue weighted by Crippen LogP contribution is 2.23. The summed E-state index contributed by atoms with van der Waals surface area (Å²) in [7, 11) is -3.52. The maximum atomic E-state index is 12.1. The lowest BCUT2D eigenvalue weighted by Gasteiger charge is -2.05. The first-order valence-corrected chi connectivity index (χ1v) is 7.68. The number of hydrogen-bond acceptors (Lipinski definition) is 4. The van der Waals surface area contributed by atoms with Crippen molar-refractivity contribution in [3.63, 3.8) is 0 Å². The number of benzene rings is 2. The molecule has 0 amide bonds. The van der Waals surface area contributed by atoms with Gasteiger partial charge in [0.25, 0.3) is 0 Å². The molecule has 0 radical (unpaired) electrons. The van der Waals surface area contributed by atoms with Crippen LogP contribution in [0.1, 0.15) is 5.56 Å². The molecule has 0 bridgehead atoms. The second kappa shape index (κ2) is 4.97. The number of anilines is 1. The third-order valence-corrected chi connectivity index (χ3v) is 4.05. The van der Waals surface area contributed by atoms with Crippen molar-refractivity contribution < 1.29 is 12.9 Å². The lowest BCUT2D eigenvalue weighted by Crippen LogP contribution is -2.15. The topological polar surface area (TPSA) is 72.2 Å². The largest absolute Gasteiger partial charge is 0.354 e. The zero-order chi connectivity index (χ0) is 14.0. The number of rotatable bonds is 4. The minimum absolute atomic E-state index is 0.102. The van der Waals surface area contributed by atoms with Crippen molar-refractivity contribution in [3.05, 3.63) is 60.2 Å². The number of fused-ring (bicyclic) bond motifs is 1. The molecule has 2 aromatic carbocycles. The zero-order valence-corrected chi connectivity index (χ0v) is 11.3. The quantitative estimate of drug-likeness (QED) is 0.801. The van der Waals surface area contributed by atoms with E-state index >= 15 is 0 Å². The number of sulfonamides is 1. The first kappa shape index (κ1) is 12.7. The molecule has 1 heterocycles. The molecule has 5 nitrogen and oxygen atoms in total. The van der Waals surface area contributed by atoms with E-state index in [0.717, 1.165) is 0 Å². The predicted molar refractivity (Wildman–Crippen MR) is 76.7 cm³/mol. The fourth-order valence-electron chi connectivity index (χ4n) is 1.94. The molecule has 0 saturated carbocycles. The SMILES string of the molecule is O=S(=O)(Cc1ccccc1)Nc1noc2ccccc12. The van der Waals surface area contributed by atoms with Crippen LogP contribution in [0, 0.1) is 0 Å². The molecule has 20 heavy (non-hydrogen) atoms. The summed E-state index contributed by atoms with van der Waals surface area (Å²) in [6.07, 6.45) is 0. The smallest absolute Gasteiger partial charge is 0.238 e. The van der Waals surface area contributed by atoms with Crippen LogP contribution in [-0.2, 0) is 15.8 Å². The van der Waals surface area contributed by atoms with Crippen LogP contribution in [0.2, 0.25) is 0 Å². The van der Waals surface area contributed by atoms with Gasteiger partial charge in [0, 0.05) is 0 Å². The highest BCUT2D eigenvalue weighted by Gasteiger charge is 2.16. The molecule has 0 aliphatic heterocycles. The van der Waals surface area contributed by atoms with Gasteiger partial charge in [0.05, 0.1) is 11.1 Å². The summed E-state index contributed by atoms with van der Waals surface area (Å²) < 4.78 is 31.8. The Balaban J connectivity index is 1.86. The Morgan fingerprint density at radius 1 is 1.00 bits per heavy atom. The summed E-state index contributed by atoms with van der Waals surface area (Å²) in [5.41, 5.74) is 1.26. The Bertz CT molecular complexity index is 826. The molecular formula is C14H12N2O3S. The third-order valence-electron chi connectivity index (χ3n) is 2.83. The van der Waals surface area contributed by atoms with Gasteiger partial charge in [-0.2, -0.15) is 0 Å². The van der Waals surface area contributed by atoms with E-state index in [4.69, 9.17) is 4.52 Å². The molecule has 6 heteroatoms. The van der Waals surface area contributed by atoms with Gasteiger partial charge in [-0.3, -0.25) is 4.72 Å². The summed E-state index contributed by atoms with van der Waals surface area (Å²) in [6, 6.07) is 16.1. The molecule has 0 spiro atoms. The number of para-hydroxylation sites is 1. The van der Waals surface area contributed by atoms with Crippen molar-refractivity contribution in [1.29, 1.82) is 0 Å². The average molecular weight is 288 g/mol. The molecule has 0 aliphatic carbocycles. The first-order valence-electron chi connectivity index (χ1n) is 6.03. The summed E-state index contributed by atoms with van der Waals surface area (Å²) >= 11 is 0. The number of nitrogens with one attached hydrogen (secondary N) is 1. The van der Waals surface area contributed by atoms with Gasteiger partial charge in [-0.25, -0.2) is 8.42 Å². The van der Waals surface area contributed by atoms with E-state index in [0.29, 0.717) is 16.5 Å². The van der Waals surface area contributed by atoms with Gasteiger partial charge in [-0.05, 0) is 17.7 Å². The summed E-state index contributed by atoms with van der Waals surface area (Å²) in [5, 5.41) is 4.40. The molecule has 3 rings (SSSR count). The Kier molecular flexibility index (Phi) is 3.15. The van der Waals surface area contributed by atoms with Gasteiger partial charge in [-0.1, -0.05) is 47.6 Å². The van der Waals surface area contributed by atoms with Crippen LogP contribution in [0.15, 0.2) is 59.1 Å². The Labute approximate surface area is 116 Å². The molecule has 102 valence electrons. The van der Waals surface area contributed by atoms with Gasteiger partial charge >= 0.3 is 0 Å². The van der Waals surface area contributed by atoms with Crippen LogP contribution in [0.25, 0.3) is 11.0 Å². The Hall–Kier alpha value is -2.34. The highest BCUT2D eigenvalue weighted by atomic mass is 32.2. The van der Waals surface area contributed by atoms with E-state index in [1.165, 1.54) is 0 Å². The number of aromatic nitrogens is 1. The zero-order valence-electron chi connectivity index (χ0n) is 10.5. The predicted octanol–water partition coefficient (Wildman–Crippen LogP) is 2.77. The second-order valence-corrected chi connectivity index (χ2v) is 6.10. The van der Waals surface area contributed by atoms with Gasteiger partial charge < -0.3 is 4.52 Å². The van der Waals surface area contributed by atoms with Crippen LogP contribution < -0.4 is 4.72 Å². The fraction of sp³-hybridized carbons (Fsp3) is 0.0714. The van der Waals surface area contributed by atoms with E-state index < -0.39 is 10.0 Å². The fourth-order valence-corrected chi connectivity index (χ4v) is 3.08. The molecule has 3 aromatic rings. The molecule has 0 atom stereocenters. The van der Waals surface area contributed by atoms with Crippen molar-refractivity contribution >= 4 is 26.8 Å². The molecule has 1 N–H and O–H groups in total. The number of nitrogens with zero attached hydrogens (tertiary/aromatic N) is 1. The average Bonchev–Trinajstić information content (AvgIpc) is 2.82. The number of hydrogen-bond donors (Lipinski definition) is 1. The third kappa shape index (κ3) is 2.65. The maximum absolute atomic E-state index is 12.1. The summed E-state index contributed by atoms with van der Waals surface area (Å²) in [5.74, 6) is 0.117. The minimum Gasteiger partial charge on any atom is -0.354 e. The highest BCUT2D eigenvalue weighted by molar-refractivity contribution is 7.91. The summed E-state index contributed by atoms with van der Waals surface area (Å²) in [4.78, 5) is 0. The lowest BCUT2D eigenvalue weighted by molar-refractivity contribution is 0.460. The maximum Gasteiger partial charge on any atom is 0.238 e. The van der Waals surface area contributed by atoms with E-state index in [1.807, 2.05) is 6.07 Å². The normalized spacial score (nSPS) is 11.6. The molecule has 1 aromatic heterocycles. The van der Waals surface area contributed by atoms with Crippen molar-refractivity contribution in [1.82, 2.24) is 5.16 Å². The second-order valence-electron chi connectivity index (χ2n) is 4.37. The van der Waals surface area contributed by atoms with Gasteiger partial charge in [0.2, 0.25) is 10.0 Å². The van der Waals surface area contributed by atoms with Gasteiger partial charge in [0.1, 0.15) is 0 Å². The Morgan fingerprint density at radius 3 is 2.50 bits per heavy atom. The molecule has 0 aliphatic rings. The van der Waals surface area contributed by atoms with Crippen LogP contribution in [0.4, 0.5) is 5.82 Å². The van der Waals surface area contributed by atoms with Crippen molar-refractivity contribution in [3.8, 4) is 0 Å². The monoisotopic (exact) mass is 288 g/mol. The first-order chi connectivity index (χ1) is 9.64. The molecular weight excluding hydrogens is 276 g/mol. The van der Waals surface area contributed by atoms with Crippen molar-refractivity contribution in [2.24, 2.45) is 0 Å². The standard InChI is InChI=1S/C14H12N2O3S/c17-20(18,10-11-6-2-1-3-7-11)16-14-12-8-4-5-9-13(12)19-15-14/h1-9H,10H2,(H,15,16). The van der Waals surface area contributed by atoms with E-state index in [2.05, 4.69) is 9.88 Å². The molecule has 0 saturated heterocycles.